The van der Waals surface area contributed by atoms with Gasteiger partial charge in [-0.05, 0) is 36.8 Å². The van der Waals surface area contributed by atoms with Gasteiger partial charge in [0, 0.05) is 30.4 Å². The van der Waals surface area contributed by atoms with Crippen molar-refractivity contribution in [1.29, 1.82) is 0 Å². The maximum atomic E-state index is 14.5. The standard InChI is InChI=1S/C21H18FN5O/c1-12-4-5-16(22)14(8-12)13-9-15-19(18(10-13)28-3)26-21(27-20(15)23-2)17-11-24-6-7-25-17/h4-11H,1-3H3,(H,23,26,27). The number of nitrogens with one attached hydrogen (secondary N) is 1. The smallest absolute Gasteiger partial charge is 0.182 e. The van der Waals surface area contributed by atoms with Crippen molar-refractivity contribution in [3.8, 4) is 28.4 Å². The Morgan fingerprint density at radius 3 is 2.64 bits per heavy atom. The molecule has 4 aromatic rings. The van der Waals surface area contributed by atoms with Gasteiger partial charge in [-0.3, -0.25) is 4.98 Å². The molecule has 2 aromatic heterocycles. The van der Waals surface area contributed by atoms with Crippen molar-refractivity contribution >= 4 is 16.7 Å². The average Bonchev–Trinajstić information content (AvgIpc) is 2.74. The zero-order valence-corrected chi connectivity index (χ0v) is 15.7. The predicted molar refractivity (Wildman–Crippen MR) is 107 cm³/mol. The summed E-state index contributed by atoms with van der Waals surface area (Å²) < 4.78 is 20.0. The molecule has 0 saturated heterocycles. The van der Waals surface area contributed by atoms with Gasteiger partial charge in [0.15, 0.2) is 5.82 Å². The van der Waals surface area contributed by atoms with Crippen molar-refractivity contribution in [3.63, 3.8) is 0 Å². The molecule has 0 fully saturated rings. The Morgan fingerprint density at radius 1 is 1.07 bits per heavy atom. The number of aryl methyl sites for hydroxylation is 1. The van der Waals surface area contributed by atoms with Crippen molar-refractivity contribution in [2.24, 2.45) is 0 Å². The Labute approximate surface area is 161 Å². The van der Waals surface area contributed by atoms with Crippen LogP contribution in [0.4, 0.5) is 10.2 Å². The molecule has 0 aliphatic heterocycles. The van der Waals surface area contributed by atoms with Gasteiger partial charge in [-0.15, -0.1) is 0 Å². The minimum atomic E-state index is -0.296. The summed E-state index contributed by atoms with van der Waals surface area (Å²) in [7, 11) is 3.34. The van der Waals surface area contributed by atoms with Gasteiger partial charge in [0.1, 0.15) is 28.6 Å². The van der Waals surface area contributed by atoms with E-state index in [2.05, 4.69) is 25.3 Å². The van der Waals surface area contributed by atoms with E-state index < -0.39 is 0 Å². The van der Waals surface area contributed by atoms with E-state index in [0.717, 1.165) is 10.9 Å². The lowest BCUT2D eigenvalue weighted by molar-refractivity contribution is 0.419. The molecule has 1 N–H and O–H groups in total. The highest BCUT2D eigenvalue weighted by Crippen LogP contribution is 2.36. The van der Waals surface area contributed by atoms with Crippen LogP contribution in [0.25, 0.3) is 33.5 Å². The molecule has 0 amide bonds. The van der Waals surface area contributed by atoms with E-state index in [1.54, 1.807) is 44.9 Å². The maximum Gasteiger partial charge on any atom is 0.182 e. The summed E-state index contributed by atoms with van der Waals surface area (Å²) in [6.45, 7) is 1.93. The van der Waals surface area contributed by atoms with E-state index in [9.17, 15) is 4.39 Å². The van der Waals surface area contributed by atoms with Crippen LogP contribution in [0.1, 0.15) is 5.56 Å². The number of methoxy groups -OCH3 is 1. The molecule has 0 bridgehead atoms. The SMILES string of the molecule is CNc1nc(-c2cnccn2)nc2c(OC)cc(-c3cc(C)ccc3F)cc12. The van der Waals surface area contributed by atoms with Crippen LogP contribution in [0.2, 0.25) is 0 Å². The van der Waals surface area contributed by atoms with E-state index in [4.69, 9.17) is 4.74 Å². The van der Waals surface area contributed by atoms with Crippen LogP contribution in [-0.2, 0) is 0 Å². The fraction of sp³-hybridized carbons (Fsp3) is 0.143. The highest BCUT2D eigenvalue weighted by Gasteiger charge is 2.16. The minimum Gasteiger partial charge on any atom is -0.494 e. The van der Waals surface area contributed by atoms with Crippen LogP contribution in [0.15, 0.2) is 48.9 Å². The van der Waals surface area contributed by atoms with E-state index in [1.165, 1.54) is 6.07 Å². The van der Waals surface area contributed by atoms with Crippen LogP contribution in [0.5, 0.6) is 5.75 Å². The summed E-state index contributed by atoms with van der Waals surface area (Å²) in [6, 6.07) is 8.67. The van der Waals surface area contributed by atoms with Gasteiger partial charge in [0.05, 0.1) is 13.3 Å². The van der Waals surface area contributed by atoms with Gasteiger partial charge in [0.25, 0.3) is 0 Å². The van der Waals surface area contributed by atoms with Gasteiger partial charge in [0.2, 0.25) is 0 Å². The second-order valence-corrected chi connectivity index (χ2v) is 6.29. The lowest BCUT2D eigenvalue weighted by Crippen LogP contribution is -2.02. The quantitative estimate of drug-likeness (QED) is 0.575. The Balaban J connectivity index is 1.99. The molecule has 0 spiro atoms. The second kappa shape index (κ2) is 7.19. The molecule has 28 heavy (non-hydrogen) atoms. The number of anilines is 1. The van der Waals surface area contributed by atoms with E-state index in [1.807, 2.05) is 19.1 Å². The van der Waals surface area contributed by atoms with Crippen LogP contribution >= 0.6 is 0 Å². The van der Waals surface area contributed by atoms with Crippen molar-refractivity contribution < 1.29 is 9.13 Å². The zero-order chi connectivity index (χ0) is 19.7. The first kappa shape index (κ1) is 17.8. The third-order valence-corrected chi connectivity index (χ3v) is 4.45. The minimum absolute atomic E-state index is 0.296. The number of nitrogens with zero attached hydrogens (tertiary/aromatic N) is 4. The summed E-state index contributed by atoms with van der Waals surface area (Å²) in [5.41, 5.74) is 3.33. The van der Waals surface area contributed by atoms with Gasteiger partial charge >= 0.3 is 0 Å². The normalized spacial score (nSPS) is 10.9. The lowest BCUT2D eigenvalue weighted by atomic mass is 10.0. The van der Waals surface area contributed by atoms with Crippen molar-refractivity contribution in [2.45, 2.75) is 6.92 Å². The number of fused-ring (bicyclic) bond motifs is 1. The molecule has 7 heteroatoms. The van der Waals surface area contributed by atoms with Crippen molar-refractivity contribution in [3.05, 3.63) is 60.3 Å². The summed E-state index contributed by atoms with van der Waals surface area (Å²) in [6.07, 6.45) is 4.78. The average molecular weight is 375 g/mol. The molecule has 0 unspecified atom stereocenters. The Bertz CT molecular complexity index is 1160. The van der Waals surface area contributed by atoms with Crippen molar-refractivity contribution in [1.82, 2.24) is 19.9 Å². The first-order valence-corrected chi connectivity index (χ1v) is 8.71. The van der Waals surface area contributed by atoms with Crippen molar-refractivity contribution in [2.75, 3.05) is 19.5 Å². The number of rotatable bonds is 4. The molecule has 0 radical (unpaired) electrons. The summed E-state index contributed by atoms with van der Waals surface area (Å²) in [5.74, 6) is 1.25. The number of benzene rings is 2. The highest BCUT2D eigenvalue weighted by molar-refractivity contribution is 5.97. The first-order chi connectivity index (χ1) is 13.6. The lowest BCUT2D eigenvalue weighted by Gasteiger charge is -2.14. The number of hydrogen-bond donors (Lipinski definition) is 1. The summed E-state index contributed by atoms with van der Waals surface area (Å²) in [5, 5.41) is 3.81. The molecular formula is C21H18FN5O. The Morgan fingerprint density at radius 2 is 1.93 bits per heavy atom. The van der Waals surface area contributed by atoms with E-state index in [0.29, 0.717) is 39.7 Å². The number of halogens is 1. The number of ether oxygens (including phenoxy) is 1. The molecule has 6 nitrogen and oxygen atoms in total. The molecule has 0 saturated carbocycles. The van der Waals surface area contributed by atoms with Crippen LogP contribution < -0.4 is 10.1 Å². The van der Waals surface area contributed by atoms with E-state index in [-0.39, 0.29) is 5.82 Å². The molecule has 0 aliphatic rings. The summed E-state index contributed by atoms with van der Waals surface area (Å²) in [4.78, 5) is 17.5. The largest absolute Gasteiger partial charge is 0.494 e. The molecular weight excluding hydrogens is 357 g/mol. The second-order valence-electron chi connectivity index (χ2n) is 6.29. The Hall–Kier alpha value is -3.61. The molecule has 2 heterocycles. The van der Waals surface area contributed by atoms with Gasteiger partial charge < -0.3 is 10.1 Å². The zero-order valence-electron chi connectivity index (χ0n) is 15.7. The molecule has 0 aliphatic carbocycles. The van der Waals surface area contributed by atoms with Crippen LogP contribution in [0, 0.1) is 12.7 Å². The van der Waals surface area contributed by atoms with Crippen LogP contribution in [0.3, 0.4) is 0 Å². The topological polar surface area (TPSA) is 72.8 Å². The number of aromatic nitrogens is 4. The number of hydrogen-bond acceptors (Lipinski definition) is 6. The Kier molecular flexibility index (Phi) is 4.57. The fourth-order valence-corrected chi connectivity index (χ4v) is 3.09. The van der Waals surface area contributed by atoms with Gasteiger partial charge in [-0.1, -0.05) is 11.6 Å². The van der Waals surface area contributed by atoms with E-state index >= 15 is 0 Å². The third-order valence-electron chi connectivity index (χ3n) is 4.45. The third kappa shape index (κ3) is 3.11. The molecule has 2 aromatic carbocycles. The predicted octanol–water partition coefficient (Wildman–Crippen LogP) is 4.25. The fourth-order valence-electron chi connectivity index (χ4n) is 3.09. The maximum absolute atomic E-state index is 14.5. The van der Waals surface area contributed by atoms with Gasteiger partial charge in [-0.25, -0.2) is 19.3 Å². The van der Waals surface area contributed by atoms with Crippen LogP contribution in [-0.4, -0.2) is 34.1 Å². The van der Waals surface area contributed by atoms with Gasteiger partial charge in [-0.2, -0.15) is 0 Å². The first-order valence-electron chi connectivity index (χ1n) is 8.71. The highest BCUT2D eigenvalue weighted by atomic mass is 19.1. The molecule has 4 rings (SSSR count). The monoisotopic (exact) mass is 375 g/mol. The molecule has 0 atom stereocenters. The summed E-state index contributed by atoms with van der Waals surface area (Å²) >= 11 is 0. The molecule has 140 valence electrons.